The number of carbonyl (C=O) groups excluding carboxylic acids is 2. The van der Waals surface area contributed by atoms with Gasteiger partial charge in [-0.05, 0) is 43.0 Å². The van der Waals surface area contributed by atoms with E-state index >= 15 is 0 Å². The van der Waals surface area contributed by atoms with E-state index in [0.29, 0.717) is 18.0 Å². The third kappa shape index (κ3) is 4.29. The highest BCUT2D eigenvalue weighted by atomic mass is 16.5. The van der Waals surface area contributed by atoms with Gasteiger partial charge in [0.25, 0.3) is 0 Å². The van der Waals surface area contributed by atoms with E-state index in [0.717, 1.165) is 24.9 Å². The molecular weight excluding hydrogens is 268 g/mol. The van der Waals surface area contributed by atoms with E-state index in [-0.39, 0.29) is 17.9 Å². The largest absolute Gasteiger partial charge is 0.465 e. The average Bonchev–Trinajstić information content (AvgIpc) is 2.52. The van der Waals surface area contributed by atoms with Crippen molar-refractivity contribution in [3.63, 3.8) is 0 Å². The molecule has 2 atom stereocenters. The van der Waals surface area contributed by atoms with Gasteiger partial charge in [-0.3, -0.25) is 4.79 Å². The Morgan fingerprint density at radius 2 is 2.05 bits per heavy atom. The van der Waals surface area contributed by atoms with E-state index in [2.05, 4.69) is 22.3 Å². The number of esters is 1. The Hall–Kier alpha value is -1.88. The van der Waals surface area contributed by atoms with Crippen LogP contribution in [0, 0.1) is 5.92 Å². The minimum Gasteiger partial charge on any atom is -0.465 e. The predicted octanol–water partition coefficient (Wildman–Crippen LogP) is 1.48. The molecule has 5 heteroatoms. The lowest BCUT2D eigenvalue weighted by Gasteiger charge is -2.27. The summed E-state index contributed by atoms with van der Waals surface area (Å²) in [6.45, 7) is 3.53. The zero-order valence-electron chi connectivity index (χ0n) is 12.5. The number of piperidine rings is 1. The van der Waals surface area contributed by atoms with Crippen LogP contribution in [0.2, 0.25) is 0 Å². The molecule has 0 radical (unpaired) electrons. The minimum atomic E-state index is -0.356. The van der Waals surface area contributed by atoms with E-state index in [1.54, 1.807) is 12.1 Å². The lowest BCUT2D eigenvalue weighted by molar-refractivity contribution is -0.124. The second-order valence-corrected chi connectivity index (χ2v) is 5.54. The first-order valence-corrected chi connectivity index (χ1v) is 7.28. The summed E-state index contributed by atoms with van der Waals surface area (Å²) < 4.78 is 4.65. The molecule has 1 aromatic carbocycles. The normalized spacial score (nSPS) is 21.6. The fourth-order valence-electron chi connectivity index (χ4n) is 2.50. The molecule has 1 aromatic rings. The lowest BCUT2D eigenvalue weighted by atomic mass is 9.94. The number of hydrogen-bond donors (Lipinski definition) is 2. The van der Waals surface area contributed by atoms with E-state index in [1.807, 2.05) is 12.1 Å². The van der Waals surface area contributed by atoms with Crippen LogP contribution in [-0.4, -0.2) is 31.6 Å². The van der Waals surface area contributed by atoms with Crippen LogP contribution < -0.4 is 10.6 Å². The van der Waals surface area contributed by atoms with Gasteiger partial charge in [-0.25, -0.2) is 4.79 Å². The first kappa shape index (κ1) is 15.5. The fourth-order valence-corrected chi connectivity index (χ4v) is 2.50. The van der Waals surface area contributed by atoms with Crippen LogP contribution >= 0.6 is 0 Å². The minimum absolute atomic E-state index is 0.0404. The molecule has 0 spiro atoms. The van der Waals surface area contributed by atoms with Gasteiger partial charge in [0.05, 0.1) is 18.7 Å². The number of hydrogen-bond acceptors (Lipinski definition) is 4. The van der Waals surface area contributed by atoms with Gasteiger partial charge in [-0.15, -0.1) is 0 Å². The Balaban J connectivity index is 1.85. The van der Waals surface area contributed by atoms with Gasteiger partial charge in [0, 0.05) is 6.54 Å². The highest BCUT2D eigenvalue weighted by molar-refractivity contribution is 5.89. The zero-order chi connectivity index (χ0) is 15.2. The van der Waals surface area contributed by atoms with Crippen LogP contribution in [0.3, 0.4) is 0 Å². The molecule has 5 nitrogen and oxygen atoms in total. The van der Waals surface area contributed by atoms with Gasteiger partial charge in [0.1, 0.15) is 0 Å². The molecule has 2 rings (SSSR count). The Morgan fingerprint density at radius 3 is 2.67 bits per heavy atom. The molecule has 1 saturated heterocycles. The molecule has 0 bridgehead atoms. The van der Waals surface area contributed by atoms with Gasteiger partial charge in [-0.2, -0.15) is 0 Å². The summed E-state index contributed by atoms with van der Waals surface area (Å²) in [5.74, 6) is 0.269. The van der Waals surface area contributed by atoms with Crippen molar-refractivity contribution in [2.24, 2.45) is 5.92 Å². The summed E-state index contributed by atoms with van der Waals surface area (Å²) in [5.41, 5.74) is 1.47. The molecule has 1 amide bonds. The number of nitrogens with one attached hydrogen (secondary N) is 2. The predicted molar refractivity (Wildman–Crippen MR) is 79.8 cm³/mol. The SMILES string of the molecule is COC(=O)c1ccc(CNC(=O)C2CC(C)CCN2)cc1. The molecule has 1 heterocycles. The Morgan fingerprint density at radius 1 is 1.33 bits per heavy atom. The first-order valence-electron chi connectivity index (χ1n) is 7.28. The van der Waals surface area contributed by atoms with Crippen molar-refractivity contribution in [3.05, 3.63) is 35.4 Å². The van der Waals surface area contributed by atoms with Gasteiger partial charge < -0.3 is 15.4 Å². The summed E-state index contributed by atoms with van der Waals surface area (Å²) in [6, 6.07) is 6.96. The average molecular weight is 290 g/mol. The summed E-state index contributed by atoms with van der Waals surface area (Å²) in [5, 5.41) is 6.18. The van der Waals surface area contributed by atoms with Crippen molar-refractivity contribution in [3.8, 4) is 0 Å². The Kier molecular flexibility index (Phi) is 5.33. The molecule has 1 aliphatic rings. The standard InChI is InChI=1S/C16H22N2O3/c1-11-7-8-17-14(9-11)15(19)18-10-12-3-5-13(6-4-12)16(20)21-2/h3-6,11,14,17H,7-10H2,1-2H3,(H,18,19). The third-order valence-electron chi connectivity index (χ3n) is 3.82. The van der Waals surface area contributed by atoms with E-state index in [4.69, 9.17) is 0 Å². The van der Waals surface area contributed by atoms with Crippen molar-refractivity contribution >= 4 is 11.9 Å². The molecule has 0 aliphatic carbocycles. The highest BCUT2D eigenvalue weighted by Gasteiger charge is 2.24. The third-order valence-corrected chi connectivity index (χ3v) is 3.82. The van der Waals surface area contributed by atoms with Crippen molar-refractivity contribution < 1.29 is 14.3 Å². The summed E-state index contributed by atoms with van der Waals surface area (Å²) >= 11 is 0. The molecule has 0 aromatic heterocycles. The summed E-state index contributed by atoms with van der Waals surface area (Å²) in [6.07, 6.45) is 2.01. The Labute approximate surface area is 125 Å². The number of ether oxygens (including phenoxy) is 1. The van der Waals surface area contributed by atoms with Crippen LogP contribution in [0.15, 0.2) is 24.3 Å². The fraction of sp³-hybridized carbons (Fsp3) is 0.500. The van der Waals surface area contributed by atoms with Gasteiger partial charge in [-0.1, -0.05) is 19.1 Å². The second-order valence-electron chi connectivity index (χ2n) is 5.54. The quantitative estimate of drug-likeness (QED) is 0.824. The molecule has 2 N–H and O–H groups in total. The maximum Gasteiger partial charge on any atom is 0.337 e. The van der Waals surface area contributed by atoms with Crippen LogP contribution in [0.5, 0.6) is 0 Å². The topological polar surface area (TPSA) is 67.4 Å². The van der Waals surface area contributed by atoms with Crippen LogP contribution in [0.1, 0.15) is 35.7 Å². The van der Waals surface area contributed by atoms with Crippen molar-refractivity contribution in [1.82, 2.24) is 10.6 Å². The molecule has 114 valence electrons. The maximum atomic E-state index is 12.1. The molecule has 2 unspecified atom stereocenters. The lowest BCUT2D eigenvalue weighted by Crippen LogP contribution is -2.48. The van der Waals surface area contributed by atoms with Crippen LogP contribution in [0.25, 0.3) is 0 Å². The number of amides is 1. The second kappa shape index (κ2) is 7.22. The number of rotatable bonds is 4. The van der Waals surface area contributed by atoms with Gasteiger partial charge >= 0.3 is 5.97 Å². The zero-order valence-corrected chi connectivity index (χ0v) is 12.5. The molecule has 1 fully saturated rings. The van der Waals surface area contributed by atoms with E-state index in [1.165, 1.54) is 7.11 Å². The molecular formula is C16H22N2O3. The summed E-state index contributed by atoms with van der Waals surface area (Å²) in [7, 11) is 1.36. The van der Waals surface area contributed by atoms with Crippen molar-refractivity contribution in [1.29, 1.82) is 0 Å². The number of benzene rings is 1. The first-order chi connectivity index (χ1) is 10.1. The van der Waals surface area contributed by atoms with Crippen molar-refractivity contribution in [2.75, 3.05) is 13.7 Å². The summed E-state index contributed by atoms with van der Waals surface area (Å²) in [4.78, 5) is 23.4. The molecule has 1 aliphatic heterocycles. The van der Waals surface area contributed by atoms with Gasteiger partial charge in [0.15, 0.2) is 0 Å². The highest BCUT2D eigenvalue weighted by Crippen LogP contribution is 2.15. The molecule has 21 heavy (non-hydrogen) atoms. The Bertz CT molecular complexity index is 499. The van der Waals surface area contributed by atoms with E-state index < -0.39 is 0 Å². The maximum absolute atomic E-state index is 12.1. The van der Waals surface area contributed by atoms with Crippen LogP contribution in [-0.2, 0) is 16.1 Å². The van der Waals surface area contributed by atoms with Gasteiger partial charge in [0.2, 0.25) is 5.91 Å². The van der Waals surface area contributed by atoms with Crippen molar-refractivity contribution in [2.45, 2.75) is 32.4 Å². The number of methoxy groups -OCH3 is 1. The molecule has 0 saturated carbocycles. The number of carbonyl (C=O) groups is 2. The van der Waals surface area contributed by atoms with E-state index in [9.17, 15) is 9.59 Å². The monoisotopic (exact) mass is 290 g/mol. The van der Waals surface area contributed by atoms with Crippen LogP contribution in [0.4, 0.5) is 0 Å². The smallest absolute Gasteiger partial charge is 0.337 e.